The van der Waals surface area contributed by atoms with Gasteiger partial charge in [-0.3, -0.25) is 9.78 Å². The van der Waals surface area contributed by atoms with Crippen molar-refractivity contribution >= 4 is 5.95 Å². The average Bonchev–Trinajstić information content (AvgIpc) is 2.47. The lowest BCUT2D eigenvalue weighted by atomic mass is 9.97. The minimum atomic E-state index is -0.255. The van der Waals surface area contributed by atoms with E-state index in [9.17, 15) is 9.18 Å². The van der Waals surface area contributed by atoms with Gasteiger partial charge in [0.15, 0.2) is 0 Å². The second kappa shape index (κ2) is 5.45. The smallest absolute Gasteiger partial charge is 0.255 e. The monoisotopic (exact) mass is 273 g/mol. The molecule has 2 N–H and O–H groups in total. The normalized spacial score (nSPS) is 13.8. The zero-order valence-electron chi connectivity index (χ0n) is 11.1. The van der Waals surface area contributed by atoms with Crippen molar-refractivity contribution in [2.45, 2.75) is 32.2 Å². The molecule has 1 heterocycles. The number of aromatic amines is 1. The van der Waals surface area contributed by atoms with Crippen molar-refractivity contribution in [3.63, 3.8) is 0 Å². The quantitative estimate of drug-likeness (QED) is 0.902. The lowest BCUT2D eigenvalue weighted by Crippen LogP contribution is -2.22. The van der Waals surface area contributed by atoms with Gasteiger partial charge in [0.05, 0.1) is 5.69 Å². The van der Waals surface area contributed by atoms with Gasteiger partial charge in [-0.1, -0.05) is 12.1 Å². The van der Waals surface area contributed by atoms with Crippen LogP contribution in [0.1, 0.15) is 29.7 Å². The number of halogens is 1. The molecule has 20 heavy (non-hydrogen) atoms. The summed E-state index contributed by atoms with van der Waals surface area (Å²) < 4.78 is 12.8. The van der Waals surface area contributed by atoms with Gasteiger partial charge in [0.1, 0.15) is 5.82 Å². The Balaban J connectivity index is 1.76. The largest absolute Gasteiger partial charge is 0.352 e. The summed E-state index contributed by atoms with van der Waals surface area (Å²) in [5.41, 5.74) is 2.62. The third kappa shape index (κ3) is 2.71. The van der Waals surface area contributed by atoms with Crippen LogP contribution in [0.15, 0.2) is 29.1 Å². The van der Waals surface area contributed by atoms with Crippen molar-refractivity contribution in [1.82, 2.24) is 9.97 Å². The second-order valence-electron chi connectivity index (χ2n) is 5.03. The number of nitrogens with zero attached hydrogens (tertiary/aromatic N) is 1. The summed E-state index contributed by atoms with van der Waals surface area (Å²) in [6.45, 7) is 0.502. The van der Waals surface area contributed by atoms with Gasteiger partial charge >= 0.3 is 0 Å². The Hall–Kier alpha value is -2.17. The Labute approximate surface area is 116 Å². The SMILES string of the molecule is O=c1[nH]c(NCc2ccc(F)cc2)nc2c1CCCC2. The lowest BCUT2D eigenvalue weighted by Gasteiger charge is -2.15. The van der Waals surface area contributed by atoms with E-state index in [2.05, 4.69) is 15.3 Å². The summed E-state index contributed by atoms with van der Waals surface area (Å²) in [7, 11) is 0. The van der Waals surface area contributed by atoms with Crippen LogP contribution in [0.3, 0.4) is 0 Å². The van der Waals surface area contributed by atoms with Crippen LogP contribution < -0.4 is 10.9 Å². The van der Waals surface area contributed by atoms with Crippen molar-refractivity contribution in [2.24, 2.45) is 0 Å². The van der Waals surface area contributed by atoms with Crippen molar-refractivity contribution in [2.75, 3.05) is 5.32 Å². The predicted molar refractivity (Wildman–Crippen MR) is 75.2 cm³/mol. The molecule has 5 heteroatoms. The highest BCUT2D eigenvalue weighted by atomic mass is 19.1. The first kappa shape index (κ1) is 12.8. The van der Waals surface area contributed by atoms with Gasteiger partial charge in [-0.15, -0.1) is 0 Å². The Morgan fingerprint density at radius 1 is 1.20 bits per heavy atom. The molecule has 0 atom stereocenters. The number of anilines is 1. The Bertz CT molecular complexity index is 664. The molecule has 3 rings (SSSR count). The maximum atomic E-state index is 12.8. The van der Waals surface area contributed by atoms with E-state index in [1.54, 1.807) is 12.1 Å². The molecule has 0 amide bonds. The van der Waals surface area contributed by atoms with Gasteiger partial charge < -0.3 is 5.32 Å². The molecule has 1 aromatic heterocycles. The fourth-order valence-corrected chi connectivity index (χ4v) is 2.48. The highest BCUT2D eigenvalue weighted by molar-refractivity contribution is 5.32. The zero-order valence-corrected chi connectivity index (χ0v) is 11.1. The number of fused-ring (bicyclic) bond motifs is 1. The number of benzene rings is 1. The lowest BCUT2D eigenvalue weighted by molar-refractivity contribution is 0.627. The van der Waals surface area contributed by atoms with E-state index in [0.717, 1.165) is 42.5 Å². The van der Waals surface area contributed by atoms with Crippen molar-refractivity contribution < 1.29 is 4.39 Å². The molecule has 0 spiro atoms. The van der Waals surface area contributed by atoms with Crippen molar-refractivity contribution in [3.05, 3.63) is 57.3 Å². The molecule has 1 aliphatic carbocycles. The number of aryl methyl sites for hydroxylation is 1. The molecule has 0 saturated carbocycles. The highest BCUT2D eigenvalue weighted by Gasteiger charge is 2.15. The third-order valence-corrected chi connectivity index (χ3v) is 3.56. The number of aromatic nitrogens is 2. The first-order valence-electron chi connectivity index (χ1n) is 6.83. The van der Waals surface area contributed by atoms with E-state index in [4.69, 9.17) is 0 Å². The van der Waals surface area contributed by atoms with Crippen molar-refractivity contribution in [3.8, 4) is 0 Å². The molecule has 1 aliphatic rings. The minimum Gasteiger partial charge on any atom is -0.352 e. The molecule has 0 saturated heterocycles. The van der Waals surface area contributed by atoms with E-state index in [1.807, 2.05) is 0 Å². The van der Waals surface area contributed by atoms with E-state index in [-0.39, 0.29) is 11.4 Å². The Kier molecular flexibility index (Phi) is 3.50. The van der Waals surface area contributed by atoms with Gasteiger partial charge in [-0.25, -0.2) is 9.37 Å². The molecule has 0 fully saturated rings. The number of hydrogen-bond acceptors (Lipinski definition) is 3. The summed E-state index contributed by atoms with van der Waals surface area (Å²) in [6, 6.07) is 6.25. The molecule has 4 nitrogen and oxygen atoms in total. The number of nitrogens with one attached hydrogen (secondary N) is 2. The molecule has 0 radical (unpaired) electrons. The van der Waals surface area contributed by atoms with Crippen LogP contribution in [0.2, 0.25) is 0 Å². The van der Waals surface area contributed by atoms with Crippen LogP contribution in [0.25, 0.3) is 0 Å². The first-order valence-corrected chi connectivity index (χ1v) is 6.83. The fourth-order valence-electron chi connectivity index (χ4n) is 2.48. The van der Waals surface area contributed by atoms with Crippen molar-refractivity contribution in [1.29, 1.82) is 0 Å². The highest BCUT2D eigenvalue weighted by Crippen LogP contribution is 2.16. The Morgan fingerprint density at radius 2 is 1.95 bits per heavy atom. The standard InChI is InChI=1S/C15H16FN3O/c16-11-7-5-10(6-8-11)9-17-15-18-13-4-2-1-3-12(13)14(20)19-15/h5-8H,1-4,9H2,(H2,17,18,19,20). The van der Waals surface area contributed by atoms with E-state index in [0.29, 0.717) is 12.5 Å². The molecule has 0 aliphatic heterocycles. The minimum absolute atomic E-state index is 0.0451. The maximum absolute atomic E-state index is 12.8. The molecular weight excluding hydrogens is 257 g/mol. The Morgan fingerprint density at radius 3 is 2.75 bits per heavy atom. The first-order chi connectivity index (χ1) is 9.72. The molecule has 0 bridgehead atoms. The van der Waals surface area contributed by atoms with Crippen LogP contribution in [-0.2, 0) is 19.4 Å². The van der Waals surface area contributed by atoms with Crippen LogP contribution in [0.5, 0.6) is 0 Å². The van der Waals surface area contributed by atoms with E-state index < -0.39 is 0 Å². The molecule has 2 aromatic rings. The summed E-state index contributed by atoms with van der Waals surface area (Å²) in [6.07, 6.45) is 3.82. The van der Waals surface area contributed by atoms with Crippen LogP contribution >= 0.6 is 0 Å². The van der Waals surface area contributed by atoms with Crippen LogP contribution in [0.4, 0.5) is 10.3 Å². The summed E-state index contributed by atoms with van der Waals surface area (Å²) >= 11 is 0. The zero-order chi connectivity index (χ0) is 13.9. The summed E-state index contributed by atoms with van der Waals surface area (Å²) in [5.74, 6) is 0.231. The van der Waals surface area contributed by atoms with Gasteiger partial charge in [-0.05, 0) is 43.4 Å². The van der Waals surface area contributed by atoms with Crippen LogP contribution in [0, 0.1) is 5.82 Å². The fraction of sp³-hybridized carbons (Fsp3) is 0.333. The average molecular weight is 273 g/mol. The number of hydrogen-bond donors (Lipinski definition) is 2. The van der Waals surface area contributed by atoms with Gasteiger partial charge in [0.25, 0.3) is 5.56 Å². The van der Waals surface area contributed by atoms with Gasteiger partial charge in [0.2, 0.25) is 5.95 Å². The van der Waals surface area contributed by atoms with E-state index in [1.165, 1.54) is 12.1 Å². The van der Waals surface area contributed by atoms with Crippen LogP contribution in [-0.4, -0.2) is 9.97 Å². The number of H-pyrrole nitrogens is 1. The topological polar surface area (TPSA) is 57.8 Å². The van der Waals surface area contributed by atoms with Gasteiger partial charge in [0, 0.05) is 12.1 Å². The van der Waals surface area contributed by atoms with E-state index >= 15 is 0 Å². The second-order valence-corrected chi connectivity index (χ2v) is 5.03. The third-order valence-electron chi connectivity index (χ3n) is 3.56. The summed E-state index contributed by atoms with van der Waals surface area (Å²) in [5, 5.41) is 3.08. The van der Waals surface area contributed by atoms with Gasteiger partial charge in [-0.2, -0.15) is 0 Å². The number of rotatable bonds is 3. The maximum Gasteiger partial charge on any atom is 0.255 e. The molecule has 0 unspecified atom stereocenters. The predicted octanol–water partition coefficient (Wildman–Crippen LogP) is 2.40. The molecular formula is C15H16FN3O. The molecule has 104 valence electrons. The molecule has 1 aromatic carbocycles. The summed E-state index contributed by atoms with van der Waals surface area (Å²) in [4.78, 5) is 19.2.